The van der Waals surface area contributed by atoms with Gasteiger partial charge in [-0.25, -0.2) is 4.39 Å². The minimum atomic E-state index is -0.445. The van der Waals surface area contributed by atoms with Gasteiger partial charge in [0.1, 0.15) is 23.2 Å². The summed E-state index contributed by atoms with van der Waals surface area (Å²) in [7, 11) is 0. The molecule has 0 bridgehead atoms. The summed E-state index contributed by atoms with van der Waals surface area (Å²) in [5, 5.41) is 0. The Kier molecular flexibility index (Phi) is 6.36. The van der Waals surface area contributed by atoms with E-state index in [2.05, 4.69) is 32.6 Å². The summed E-state index contributed by atoms with van der Waals surface area (Å²) in [4.78, 5) is 2.32. The minimum absolute atomic E-state index is 0.0164. The maximum absolute atomic E-state index is 13.7. The molecule has 0 aliphatic heterocycles. The fraction of sp³-hybridized carbons (Fsp3) is 0.533. The first kappa shape index (κ1) is 16.9. The molecule has 0 saturated carbocycles. The van der Waals surface area contributed by atoms with E-state index in [0.717, 1.165) is 6.54 Å². The number of nitrogens with two attached hydrogens (primary N) is 1. The van der Waals surface area contributed by atoms with Crippen molar-refractivity contribution in [1.82, 2.24) is 4.90 Å². The molecule has 0 saturated heterocycles. The highest BCUT2D eigenvalue weighted by atomic mass is 32.1. The predicted molar refractivity (Wildman–Crippen MR) is 84.8 cm³/mol. The van der Waals surface area contributed by atoms with Gasteiger partial charge in [-0.15, -0.1) is 0 Å². The predicted octanol–water partition coefficient (Wildman–Crippen LogP) is 2.96. The van der Waals surface area contributed by atoms with Crippen LogP contribution in [0.25, 0.3) is 0 Å². The number of rotatable bonds is 7. The normalized spacial score (nSPS) is 11.4. The average molecular weight is 298 g/mol. The third-order valence-corrected chi connectivity index (χ3v) is 3.36. The third kappa shape index (κ3) is 4.42. The van der Waals surface area contributed by atoms with E-state index in [-0.39, 0.29) is 10.6 Å². The number of benzene rings is 1. The molecule has 0 heterocycles. The number of ether oxygens (including phenoxy) is 1. The largest absolute Gasteiger partial charge is 0.491 e. The van der Waals surface area contributed by atoms with Gasteiger partial charge in [-0.2, -0.15) is 0 Å². The lowest BCUT2D eigenvalue weighted by molar-refractivity contribution is 0.141. The molecule has 112 valence electrons. The van der Waals surface area contributed by atoms with Crippen molar-refractivity contribution < 1.29 is 9.13 Å². The summed E-state index contributed by atoms with van der Waals surface area (Å²) in [6.45, 7) is 9.80. The topological polar surface area (TPSA) is 38.5 Å². The Morgan fingerprint density at radius 3 is 2.40 bits per heavy atom. The molecule has 20 heavy (non-hydrogen) atoms. The molecular formula is C15H23FN2OS. The Bertz CT molecular complexity index is 455. The van der Waals surface area contributed by atoms with Crippen LogP contribution in [0, 0.1) is 5.82 Å². The average Bonchev–Trinajstić information content (AvgIpc) is 2.33. The van der Waals surface area contributed by atoms with Crippen molar-refractivity contribution in [2.24, 2.45) is 5.73 Å². The standard InChI is InChI=1S/C15H23FN2OS/c1-10(2)18(11(3)4)8-9-19-13-7-5-6-12(16)14(13)15(17)20/h5-7,10-11H,8-9H2,1-4H3,(H2,17,20). The molecule has 3 nitrogen and oxygen atoms in total. The van der Waals surface area contributed by atoms with Gasteiger partial charge in [0.25, 0.3) is 0 Å². The maximum atomic E-state index is 13.7. The molecule has 1 aromatic carbocycles. The van der Waals surface area contributed by atoms with Gasteiger partial charge < -0.3 is 10.5 Å². The van der Waals surface area contributed by atoms with Crippen LogP contribution in [0.5, 0.6) is 5.75 Å². The van der Waals surface area contributed by atoms with Gasteiger partial charge in [0.2, 0.25) is 0 Å². The second-order valence-corrected chi connectivity index (χ2v) is 5.69. The Labute approximate surface area is 125 Å². The van der Waals surface area contributed by atoms with Crippen LogP contribution in [0.2, 0.25) is 0 Å². The van der Waals surface area contributed by atoms with Crippen LogP contribution in [0.1, 0.15) is 33.3 Å². The summed E-state index contributed by atoms with van der Waals surface area (Å²) in [6, 6.07) is 5.47. The van der Waals surface area contributed by atoms with Crippen LogP contribution < -0.4 is 10.5 Å². The number of thiocarbonyl (C=S) groups is 1. The highest BCUT2D eigenvalue weighted by Crippen LogP contribution is 2.21. The van der Waals surface area contributed by atoms with Crippen LogP contribution in [0.4, 0.5) is 4.39 Å². The van der Waals surface area contributed by atoms with E-state index < -0.39 is 5.82 Å². The molecule has 0 aromatic heterocycles. The molecule has 0 aliphatic carbocycles. The molecule has 0 fully saturated rings. The van der Waals surface area contributed by atoms with E-state index in [1.807, 2.05) is 0 Å². The quantitative estimate of drug-likeness (QED) is 0.786. The maximum Gasteiger partial charge on any atom is 0.137 e. The SMILES string of the molecule is CC(C)N(CCOc1cccc(F)c1C(N)=S)C(C)C. The highest BCUT2D eigenvalue weighted by Gasteiger charge is 2.15. The monoisotopic (exact) mass is 298 g/mol. The smallest absolute Gasteiger partial charge is 0.137 e. The van der Waals surface area contributed by atoms with Gasteiger partial charge >= 0.3 is 0 Å². The molecule has 0 radical (unpaired) electrons. The second kappa shape index (κ2) is 7.55. The molecule has 5 heteroatoms. The molecular weight excluding hydrogens is 275 g/mol. The van der Waals surface area contributed by atoms with Gasteiger partial charge in [0.05, 0.1) is 5.56 Å². The second-order valence-electron chi connectivity index (χ2n) is 5.25. The fourth-order valence-corrected chi connectivity index (χ4v) is 2.44. The van der Waals surface area contributed by atoms with Gasteiger partial charge in [-0.3, -0.25) is 4.90 Å². The zero-order chi connectivity index (χ0) is 15.3. The Balaban J connectivity index is 2.71. The molecule has 0 unspecified atom stereocenters. The first-order valence-corrected chi connectivity index (χ1v) is 7.22. The van der Waals surface area contributed by atoms with Crippen LogP contribution in [0.3, 0.4) is 0 Å². The van der Waals surface area contributed by atoms with E-state index in [1.54, 1.807) is 12.1 Å². The van der Waals surface area contributed by atoms with Crippen molar-refractivity contribution in [3.63, 3.8) is 0 Å². The lowest BCUT2D eigenvalue weighted by Gasteiger charge is -2.30. The molecule has 0 spiro atoms. The summed E-state index contributed by atoms with van der Waals surface area (Å²) >= 11 is 4.87. The fourth-order valence-electron chi connectivity index (χ4n) is 2.24. The van der Waals surface area contributed by atoms with Gasteiger partial charge in [0, 0.05) is 18.6 Å². The molecule has 1 rings (SSSR count). The van der Waals surface area contributed by atoms with Crippen molar-refractivity contribution in [3.05, 3.63) is 29.6 Å². The number of nitrogens with zero attached hydrogens (tertiary/aromatic N) is 1. The van der Waals surface area contributed by atoms with Gasteiger partial charge in [-0.1, -0.05) is 18.3 Å². The zero-order valence-electron chi connectivity index (χ0n) is 12.5. The zero-order valence-corrected chi connectivity index (χ0v) is 13.3. The molecule has 2 N–H and O–H groups in total. The molecule has 0 aliphatic rings. The van der Waals surface area contributed by atoms with Gasteiger partial charge in [-0.05, 0) is 39.8 Å². The molecule has 1 aromatic rings. The Hall–Kier alpha value is -1.20. The third-order valence-electron chi connectivity index (χ3n) is 3.16. The lowest BCUT2D eigenvalue weighted by atomic mass is 10.2. The van der Waals surface area contributed by atoms with Crippen LogP contribution in [0.15, 0.2) is 18.2 Å². The van der Waals surface area contributed by atoms with Crippen molar-refractivity contribution in [3.8, 4) is 5.75 Å². The van der Waals surface area contributed by atoms with Crippen molar-refractivity contribution in [2.75, 3.05) is 13.2 Å². The first-order chi connectivity index (χ1) is 9.34. The van der Waals surface area contributed by atoms with E-state index in [1.165, 1.54) is 6.07 Å². The summed E-state index contributed by atoms with van der Waals surface area (Å²) in [6.07, 6.45) is 0. The number of halogens is 1. The van der Waals surface area contributed by atoms with E-state index in [0.29, 0.717) is 24.4 Å². The van der Waals surface area contributed by atoms with E-state index in [9.17, 15) is 4.39 Å². The first-order valence-electron chi connectivity index (χ1n) is 6.81. The number of hydrogen-bond acceptors (Lipinski definition) is 3. The minimum Gasteiger partial charge on any atom is -0.491 e. The van der Waals surface area contributed by atoms with Crippen LogP contribution in [-0.4, -0.2) is 35.1 Å². The summed E-state index contributed by atoms with van der Waals surface area (Å²) in [5.74, 6) is -0.0375. The van der Waals surface area contributed by atoms with Crippen molar-refractivity contribution in [2.45, 2.75) is 39.8 Å². The lowest BCUT2D eigenvalue weighted by Crippen LogP contribution is -2.39. The van der Waals surface area contributed by atoms with Crippen LogP contribution >= 0.6 is 12.2 Å². The van der Waals surface area contributed by atoms with E-state index in [4.69, 9.17) is 22.7 Å². The highest BCUT2D eigenvalue weighted by molar-refractivity contribution is 7.80. The Morgan fingerprint density at radius 2 is 1.90 bits per heavy atom. The number of hydrogen-bond donors (Lipinski definition) is 1. The van der Waals surface area contributed by atoms with Crippen molar-refractivity contribution in [1.29, 1.82) is 0 Å². The van der Waals surface area contributed by atoms with Gasteiger partial charge in [0.15, 0.2) is 0 Å². The van der Waals surface area contributed by atoms with E-state index >= 15 is 0 Å². The summed E-state index contributed by atoms with van der Waals surface area (Å²) < 4.78 is 19.3. The molecule has 0 atom stereocenters. The molecule has 0 amide bonds. The Morgan fingerprint density at radius 1 is 1.30 bits per heavy atom. The van der Waals surface area contributed by atoms with Crippen molar-refractivity contribution >= 4 is 17.2 Å². The van der Waals surface area contributed by atoms with Crippen LogP contribution in [-0.2, 0) is 0 Å². The summed E-state index contributed by atoms with van der Waals surface area (Å²) in [5.41, 5.74) is 5.73.